The van der Waals surface area contributed by atoms with E-state index in [9.17, 15) is 13.2 Å². The normalized spacial score (nSPS) is 24.9. The molecule has 2 rings (SSSR count). The first-order chi connectivity index (χ1) is 8.48. The van der Waals surface area contributed by atoms with Gasteiger partial charge in [-0.05, 0) is 30.9 Å². The summed E-state index contributed by atoms with van der Waals surface area (Å²) >= 11 is 0. The van der Waals surface area contributed by atoms with E-state index in [1.54, 1.807) is 6.07 Å². The Balaban J connectivity index is 2.18. The second-order valence-corrected chi connectivity index (χ2v) is 5.06. The molecule has 1 saturated carbocycles. The molecule has 2 atom stereocenters. The minimum Gasteiger partial charge on any atom is -0.382 e. The van der Waals surface area contributed by atoms with Crippen LogP contribution in [0.25, 0.3) is 0 Å². The number of para-hydroxylation sites is 1. The summed E-state index contributed by atoms with van der Waals surface area (Å²) in [7, 11) is 0. The lowest BCUT2D eigenvalue weighted by molar-refractivity contribution is -0.137. The minimum atomic E-state index is -4.29. The van der Waals surface area contributed by atoms with Gasteiger partial charge in [-0.25, -0.2) is 0 Å². The predicted molar refractivity (Wildman–Crippen MR) is 66.5 cm³/mol. The summed E-state index contributed by atoms with van der Waals surface area (Å²) in [5.41, 5.74) is -0.355. The van der Waals surface area contributed by atoms with Crippen molar-refractivity contribution in [2.75, 3.05) is 5.32 Å². The van der Waals surface area contributed by atoms with Crippen LogP contribution in [0, 0.1) is 5.92 Å². The molecule has 1 aliphatic rings. The van der Waals surface area contributed by atoms with Crippen LogP contribution in [-0.2, 0) is 6.18 Å². The fraction of sp³-hybridized carbons (Fsp3) is 0.571. The third kappa shape index (κ3) is 2.98. The minimum absolute atomic E-state index is 0.155. The molecule has 0 saturated heterocycles. The van der Waals surface area contributed by atoms with E-state index in [-0.39, 0.29) is 11.7 Å². The van der Waals surface area contributed by atoms with Gasteiger partial charge in [-0.15, -0.1) is 0 Å². The van der Waals surface area contributed by atoms with Crippen molar-refractivity contribution < 1.29 is 13.2 Å². The Morgan fingerprint density at radius 1 is 1.11 bits per heavy atom. The standard InChI is InChI=1S/C14H18F3N/c1-10-6-2-4-8-12(10)18-13-9-5-3-7-11(13)14(15,16)17/h3,5,7,9-10,12,18H,2,4,6,8H2,1H3. The molecule has 1 aromatic carbocycles. The van der Waals surface area contributed by atoms with Crippen molar-refractivity contribution >= 4 is 5.69 Å². The SMILES string of the molecule is CC1CCCCC1Nc1ccccc1C(F)(F)F. The molecule has 1 N–H and O–H groups in total. The molecule has 0 aromatic heterocycles. The molecule has 0 spiro atoms. The van der Waals surface area contributed by atoms with Crippen molar-refractivity contribution in [2.45, 2.75) is 44.8 Å². The molecular weight excluding hydrogens is 239 g/mol. The summed E-state index contributed by atoms with van der Waals surface area (Å²) in [4.78, 5) is 0. The van der Waals surface area contributed by atoms with Crippen LogP contribution in [0.5, 0.6) is 0 Å². The van der Waals surface area contributed by atoms with Crippen LogP contribution < -0.4 is 5.32 Å². The van der Waals surface area contributed by atoms with Gasteiger partial charge in [-0.3, -0.25) is 0 Å². The predicted octanol–water partition coefficient (Wildman–Crippen LogP) is 4.70. The number of halogens is 3. The molecule has 0 amide bonds. The van der Waals surface area contributed by atoms with Crippen LogP contribution >= 0.6 is 0 Å². The summed E-state index contributed by atoms with van der Waals surface area (Å²) in [5.74, 6) is 0.431. The van der Waals surface area contributed by atoms with E-state index in [4.69, 9.17) is 0 Å². The molecule has 100 valence electrons. The van der Waals surface area contributed by atoms with E-state index in [0.29, 0.717) is 5.92 Å². The molecule has 0 aliphatic heterocycles. The van der Waals surface area contributed by atoms with Gasteiger partial charge in [0.25, 0.3) is 0 Å². The van der Waals surface area contributed by atoms with Crippen molar-refractivity contribution in [1.82, 2.24) is 0 Å². The maximum Gasteiger partial charge on any atom is 0.418 e. The number of hydrogen-bond donors (Lipinski definition) is 1. The van der Waals surface area contributed by atoms with Crippen molar-refractivity contribution in [3.63, 3.8) is 0 Å². The summed E-state index contributed by atoms with van der Waals surface area (Å²) < 4.78 is 38.6. The highest BCUT2D eigenvalue weighted by Gasteiger charge is 2.34. The monoisotopic (exact) mass is 257 g/mol. The molecule has 2 unspecified atom stereocenters. The fourth-order valence-corrected chi connectivity index (χ4v) is 2.59. The summed E-state index contributed by atoms with van der Waals surface area (Å²) in [6.45, 7) is 2.10. The zero-order valence-electron chi connectivity index (χ0n) is 10.4. The number of nitrogens with one attached hydrogen (secondary N) is 1. The van der Waals surface area contributed by atoms with E-state index in [1.165, 1.54) is 18.6 Å². The number of hydrogen-bond acceptors (Lipinski definition) is 1. The topological polar surface area (TPSA) is 12.0 Å². The van der Waals surface area contributed by atoms with Crippen LogP contribution in [0.15, 0.2) is 24.3 Å². The molecule has 1 aliphatic carbocycles. The van der Waals surface area contributed by atoms with Gasteiger partial charge in [0.15, 0.2) is 0 Å². The smallest absolute Gasteiger partial charge is 0.382 e. The fourth-order valence-electron chi connectivity index (χ4n) is 2.59. The first-order valence-corrected chi connectivity index (χ1v) is 6.41. The Morgan fingerprint density at radius 3 is 2.44 bits per heavy atom. The largest absolute Gasteiger partial charge is 0.418 e. The lowest BCUT2D eigenvalue weighted by atomic mass is 9.85. The van der Waals surface area contributed by atoms with E-state index in [2.05, 4.69) is 12.2 Å². The van der Waals surface area contributed by atoms with Crippen molar-refractivity contribution in [3.8, 4) is 0 Å². The molecule has 1 nitrogen and oxygen atoms in total. The number of benzene rings is 1. The second-order valence-electron chi connectivity index (χ2n) is 5.06. The van der Waals surface area contributed by atoms with Gasteiger partial charge in [0.2, 0.25) is 0 Å². The van der Waals surface area contributed by atoms with Gasteiger partial charge in [-0.1, -0.05) is 31.9 Å². The van der Waals surface area contributed by atoms with Crippen molar-refractivity contribution in [1.29, 1.82) is 0 Å². The zero-order chi connectivity index (χ0) is 13.2. The van der Waals surface area contributed by atoms with Crippen molar-refractivity contribution in [3.05, 3.63) is 29.8 Å². The zero-order valence-corrected chi connectivity index (χ0v) is 10.4. The average molecular weight is 257 g/mol. The first kappa shape index (κ1) is 13.2. The highest BCUT2D eigenvalue weighted by molar-refractivity contribution is 5.53. The molecule has 0 radical (unpaired) electrons. The van der Waals surface area contributed by atoms with E-state index in [1.807, 2.05) is 0 Å². The lowest BCUT2D eigenvalue weighted by Crippen LogP contribution is -2.31. The van der Waals surface area contributed by atoms with E-state index < -0.39 is 11.7 Å². The summed E-state index contributed by atoms with van der Waals surface area (Å²) in [5, 5.41) is 3.09. The maximum atomic E-state index is 12.9. The third-order valence-electron chi connectivity index (χ3n) is 3.68. The number of rotatable bonds is 2. The Morgan fingerprint density at radius 2 is 1.78 bits per heavy atom. The Kier molecular flexibility index (Phi) is 3.83. The average Bonchev–Trinajstić information content (AvgIpc) is 2.31. The van der Waals surface area contributed by atoms with Gasteiger partial charge < -0.3 is 5.32 Å². The molecule has 1 aromatic rings. The second kappa shape index (κ2) is 5.21. The molecule has 4 heteroatoms. The Hall–Kier alpha value is -1.19. The first-order valence-electron chi connectivity index (χ1n) is 6.41. The highest BCUT2D eigenvalue weighted by Crippen LogP contribution is 2.36. The number of anilines is 1. The van der Waals surface area contributed by atoms with Crippen molar-refractivity contribution in [2.24, 2.45) is 5.92 Å². The molecular formula is C14H18F3N. The lowest BCUT2D eigenvalue weighted by Gasteiger charge is -2.31. The molecule has 0 bridgehead atoms. The van der Waals surface area contributed by atoms with Gasteiger partial charge in [-0.2, -0.15) is 13.2 Å². The van der Waals surface area contributed by atoms with E-state index >= 15 is 0 Å². The third-order valence-corrected chi connectivity index (χ3v) is 3.68. The molecule has 18 heavy (non-hydrogen) atoms. The highest BCUT2D eigenvalue weighted by atomic mass is 19.4. The quantitative estimate of drug-likeness (QED) is 0.810. The number of alkyl halides is 3. The molecule has 1 fully saturated rings. The Labute approximate surface area is 105 Å². The van der Waals surface area contributed by atoms with Crippen LogP contribution in [0.3, 0.4) is 0 Å². The maximum absolute atomic E-state index is 12.9. The molecule has 0 heterocycles. The Bertz CT molecular complexity index is 400. The van der Waals surface area contributed by atoms with Crippen LogP contribution in [0.1, 0.15) is 38.2 Å². The van der Waals surface area contributed by atoms with Crippen LogP contribution in [0.4, 0.5) is 18.9 Å². The van der Waals surface area contributed by atoms with Gasteiger partial charge in [0.1, 0.15) is 0 Å². The van der Waals surface area contributed by atoms with Crippen LogP contribution in [-0.4, -0.2) is 6.04 Å². The van der Waals surface area contributed by atoms with E-state index in [0.717, 1.165) is 25.3 Å². The van der Waals surface area contributed by atoms with Gasteiger partial charge in [0, 0.05) is 11.7 Å². The van der Waals surface area contributed by atoms with Gasteiger partial charge >= 0.3 is 6.18 Å². The van der Waals surface area contributed by atoms with Crippen LogP contribution in [0.2, 0.25) is 0 Å². The summed E-state index contributed by atoms with van der Waals surface area (Å²) in [6.07, 6.45) is 0.0250. The summed E-state index contributed by atoms with van der Waals surface area (Å²) in [6, 6.07) is 5.88. The van der Waals surface area contributed by atoms with Gasteiger partial charge in [0.05, 0.1) is 5.56 Å².